The molecular formula is C15H14ClN5OS2. The van der Waals surface area contributed by atoms with Gasteiger partial charge >= 0.3 is 0 Å². The molecule has 0 saturated heterocycles. The van der Waals surface area contributed by atoms with E-state index in [4.69, 9.17) is 11.6 Å². The largest absolute Gasteiger partial charge is 0.301 e. The van der Waals surface area contributed by atoms with Crippen molar-refractivity contribution in [2.24, 2.45) is 0 Å². The van der Waals surface area contributed by atoms with Gasteiger partial charge in [-0.05, 0) is 38.1 Å². The fourth-order valence-corrected chi connectivity index (χ4v) is 3.41. The minimum absolute atomic E-state index is 0.133. The normalized spacial score (nSPS) is 10.8. The van der Waals surface area contributed by atoms with E-state index in [0.29, 0.717) is 21.1 Å². The van der Waals surface area contributed by atoms with Crippen molar-refractivity contribution in [3.8, 4) is 11.4 Å². The van der Waals surface area contributed by atoms with Crippen LogP contribution in [0.3, 0.4) is 0 Å². The van der Waals surface area contributed by atoms with Gasteiger partial charge in [0.05, 0.1) is 11.4 Å². The Balaban J connectivity index is 1.57. The van der Waals surface area contributed by atoms with Crippen molar-refractivity contribution in [3.63, 3.8) is 0 Å². The minimum Gasteiger partial charge on any atom is -0.301 e. The van der Waals surface area contributed by atoms with Crippen molar-refractivity contribution < 1.29 is 4.79 Å². The Labute approximate surface area is 152 Å². The standard InChI is InChI=1S/C15H14ClN5OS2/c1-8-9(2)24-14(17-8)18-12(22)7-23-15-19-13(20-21-15)10-3-5-11(16)6-4-10/h3-6H,7H2,1-2H3,(H,17,18,22)(H,19,20,21). The Morgan fingerprint density at radius 3 is 2.71 bits per heavy atom. The summed E-state index contributed by atoms with van der Waals surface area (Å²) in [6.07, 6.45) is 0. The first-order valence-corrected chi connectivity index (χ1v) is 9.24. The molecule has 1 aromatic carbocycles. The summed E-state index contributed by atoms with van der Waals surface area (Å²) in [6.45, 7) is 3.89. The zero-order valence-electron chi connectivity index (χ0n) is 13.0. The average Bonchev–Trinajstić information content (AvgIpc) is 3.13. The lowest BCUT2D eigenvalue weighted by Gasteiger charge is -1.99. The van der Waals surface area contributed by atoms with Crippen LogP contribution in [0, 0.1) is 13.8 Å². The monoisotopic (exact) mass is 379 g/mol. The molecule has 2 N–H and O–H groups in total. The van der Waals surface area contributed by atoms with E-state index in [9.17, 15) is 4.79 Å². The first kappa shape index (κ1) is 16.9. The van der Waals surface area contributed by atoms with Gasteiger partial charge in [0.25, 0.3) is 0 Å². The number of aromatic amines is 1. The summed E-state index contributed by atoms with van der Waals surface area (Å²) in [4.78, 5) is 21.7. The number of carbonyl (C=O) groups is 1. The maximum absolute atomic E-state index is 12.0. The molecule has 0 aliphatic heterocycles. The van der Waals surface area contributed by atoms with Gasteiger partial charge in [-0.1, -0.05) is 23.4 Å². The molecule has 24 heavy (non-hydrogen) atoms. The quantitative estimate of drug-likeness (QED) is 0.656. The number of thioether (sulfide) groups is 1. The predicted molar refractivity (Wildman–Crippen MR) is 97.8 cm³/mol. The third-order valence-electron chi connectivity index (χ3n) is 3.19. The van der Waals surface area contributed by atoms with Crippen LogP contribution in [0.25, 0.3) is 11.4 Å². The van der Waals surface area contributed by atoms with Gasteiger partial charge in [0, 0.05) is 15.5 Å². The van der Waals surface area contributed by atoms with E-state index >= 15 is 0 Å². The Hall–Kier alpha value is -1.90. The number of anilines is 1. The number of nitrogens with one attached hydrogen (secondary N) is 2. The molecule has 0 spiro atoms. The van der Waals surface area contributed by atoms with Crippen molar-refractivity contribution in [1.29, 1.82) is 0 Å². The zero-order valence-corrected chi connectivity index (χ0v) is 15.3. The van der Waals surface area contributed by atoms with Gasteiger partial charge in [-0.15, -0.1) is 16.4 Å². The number of carbonyl (C=O) groups excluding carboxylic acids is 1. The molecule has 1 amide bonds. The highest BCUT2D eigenvalue weighted by Crippen LogP contribution is 2.23. The lowest BCUT2D eigenvalue weighted by atomic mass is 10.2. The number of halogens is 1. The van der Waals surface area contributed by atoms with Crippen molar-refractivity contribution in [2.45, 2.75) is 19.0 Å². The van der Waals surface area contributed by atoms with Crippen LogP contribution >= 0.6 is 34.7 Å². The molecule has 3 rings (SSSR count). The van der Waals surface area contributed by atoms with E-state index in [0.717, 1.165) is 16.1 Å². The van der Waals surface area contributed by atoms with Crippen molar-refractivity contribution in [1.82, 2.24) is 20.2 Å². The number of hydrogen-bond acceptors (Lipinski definition) is 6. The van der Waals surface area contributed by atoms with Gasteiger partial charge in [-0.25, -0.2) is 9.97 Å². The van der Waals surface area contributed by atoms with E-state index in [1.807, 2.05) is 26.0 Å². The molecule has 0 bridgehead atoms. The van der Waals surface area contributed by atoms with Gasteiger partial charge in [0.1, 0.15) is 0 Å². The number of nitrogens with zero attached hydrogens (tertiary/aromatic N) is 3. The second kappa shape index (κ2) is 7.33. The summed E-state index contributed by atoms with van der Waals surface area (Å²) in [5.41, 5.74) is 1.82. The topological polar surface area (TPSA) is 83.6 Å². The first-order chi connectivity index (χ1) is 11.5. The van der Waals surface area contributed by atoms with Crippen LogP contribution in [0.2, 0.25) is 5.02 Å². The van der Waals surface area contributed by atoms with Gasteiger partial charge in [0.15, 0.2) is 11.0 Å². The number of H-pyrrole nitrogens is 1. The lowest BCUT2D eigenvalue weighted by Crippen LogP contribution is -2.13. The molecule has 0 fully saturated rings. The second-order valence-electron chi connectivity index (χ2n) is 4.97. The molecule has 0 atom stereocenters. The van der Waals surface area contributed by atoms with Crippen LogP contribution in [-0.4, -0.2) is 31.8 Å². The number of thiazole rings is 1. The fourth-order valence-electron chi connectivity index (χ4n) is 1.86. The molecule has 2 heterocycles. The van der Waals surface area contributed by atoms with Gasteiger partial charge in [-0.3, -0.25) is 9.89 Å². The molecular weight excluding hydrogens is 366 g/mol. The maximum atomic E-state index is 12.0. The maximum Gasteiger partial charge on any atom is 0.236 e. The summed E-state index contributed by atoms with van der Waals surface area (Å²) < 4.78 is 0. The summed E-state index contributed by atoms with van der Waals surface area (Å²) in [5.74, 6) is 0.725. The van der Waals surface area contributed by atoms with Gasteiger partial charge in [-0.2, -0.15) is 0 Å². The number of aromatic nitrogens is 4. The summed E-state index contributed by atoms with van der Waals surface area (Å²) in [7, 11) is 0. The van der Waals surface area contributed by atoms with E-state index in [-0.39, 0.29) is 11.7 Å². The molecule has 2 aromatic heterocycles. The van der Waals surface area contributed by atoms with Crippen molar-refractivity contribution >= 4 is 45.7 Å². The molecule has 0 saturated carbocycles. The summed E-state index contributed by atoms with van der Waals surface area (Å²) >= 11 is 8.60. The van der Waals surface area contributed by atoms with Crippen LogP contribution in [-0.2, 0) is 4.79 Å². The molecule has 0 radical (unpaired) electrons. The molecule has 0 aliphatic carbocycles. The van der Waals surface area contributed by atoms with Crippen molar-refractivity contribution in [3.05, 3.63) is 39.9 Å². The Bertz CT molecular complexity index is 840. The minimum atomic E-state index is -0.133. The number of benzene rings is 1. The number of amides is 1. The third kappa shape index (κ3) is 4.14. The van der Waals surface area contributed by atoms with E-state index in [2.05, 4.69) is 25.5 Å². The van der Waals surface area contributed by atoms with Crippen molar-refractivity contribution in [2.75, 3.05) is 11.1 Å². The summed E-state index contributed by atoms with van der Waals surface area (Å²) in [5, 5.41) is 11.6. The molecule has 0 unspecified atom stereocenters. The van der Waals surface area contributed by atoms with E-state index in [1.54, 1.807) is 12.1 Å². The van der Waals surface area contributed by atoms with Gasteiger partial charge < -0.3 is 5.32 Å². The smallest absolute Gasteiger partial charge is 0.236 e. The summed E-state index contributed by atoms with van der Waals surface area (Å²) in [6, 6.07) is 7.30. The fraction of sp³-hybridized carbons (Fsp3) is 0.200. The van der Waals surface area contributed by atoms with Crippen LogP contribution in [0.15, 0.2) is 29.4 Å². The highest BCUT2D eigenvalue weighted by molar-refractivity contribution is 7.99. The molecule has 0 aliphatic rings. The molecule has 6 nitrogen and oxygen atoms in total. The Morgan fingerprint density at radius 1 is 1.29 bits per heavy atom. The SMILES string of the molecule is Cc1nc(NC(=O)CSc2n[nH]c(-c3ccc(Cl)cc3)n2)sc1C. The third-order valence-corrected chi connectivity index (χ3v) is 5.28. The van der Waals surface area contributed by atoms with Gasteiger partial charge in [0.2, 0.25) is 11.1 Å². The lowest BCUT2D eigenvalue weighted by molar-refractivity contribution is -0.113. The average molecular weight is 380 g/mol. The van der Waals surface area contributed by atoms with Crippen LogP contribution in [0.4, 0.5) is 5.13 Å². The molecule has 3 aromatic rings. The number of aryl methyl sites for hydroxylation is 2. The molecule has 124 valence electrons. The number of rotatable bonds is 5. The van der Waals surface area contributed by atoms with Crippen LogP contribution < -0.4 is 5.32 Å². The Kier molecular flexibility index (Phi) is 5.17. The first-order valence-electron chi connectivity index (χ1n) is 7.06. The highest BCUT2D eigenvalue weighted by Gasteiger charge is 2.11. The zero-order chi connectivity index (χ0) is 17.1. The second-order valence-corrected chi connectivity index (χ2v) is 7.55. The Morgan fingerprint density at radius 2 is 2.04 bits per heavy atom. The van der Waals surface area contributed by atoms with E-state index < -0.39 is 0 Å². The molecule has 9 heteroatoms. The predicted octanol–water partition coefficient (Wildman–Crippen LogP) is 3.93. The number of hydrogen-bond donors (Lipinski definition) is 2. The highest BCUT2D eigenvalue weighted by atomic mass is 35.5. The van der Waals surface area contributed by atoms with E-state index in [1.165, 1.54) is 23.1 Å². The van der Waals surface area contributed by atoms with Crippen LogP contribution in [0.1, 0.15) is 10.6 Å². The van der Waals surface area contributed by atoms with Crippen LogP contribution in [0.5, 0.6) is 0 Å².